The van der Waals surface area contributed by atoms with Crippen molar-refractivity contribution in [2.75, 3.05) is 18.0 Å². The lowest BCUT2D eigenvalue weighted by Gasteiger charge is -2.33. The molecule has 3 heterocycles. The quantitative estimate of drug-likeness (QED) is 0.661. The minimum atomic E-state index is -0.160. The van der Waals surface area contributed by atoms with Gasteiger partial charge in [-0.1, -0.05) is 24.3 Å². The van der Waals surface area contributed by atoms with Crippen LogP contribution in [0.4, 0.5) is 10.7 Å². The van der Waals surface area contributed by atoms with Crippen molar-refractivity contribution in [2.24, 2.45) is 0 Å². The number of piperidine rings is 1. The van der Waals surface area contributed by atoms with E-state index in [4.69, 9.17) is 0 Å². The van der Waals surface area contributed by atoms with Crippen molar-refractivity contribution < 1.29 is 4.79 Å². The second kappa shape index (κ2) is 9.13. The number of nitrogens with one attached hydrogen (secondary N) is 2. The Hall–Kier alpha value is -3.49. The van der Waals surface area contributed by atoms with E-state index in [1.807, 2.05) is 18.2 Å². The van der Waals surface area contributed by atoms with Crippen molar-refractivity contribution in [1.82, 2.24) is 35.4 Å². The summed E-state index contributed by atoms with van der Waals surface area (Å²) in [5.41, 5.74) is 2.15. The standard InChI is InChI=1S/C20H24N8O/c29-20(26-18-6-2-9-27(13-18)19-22-7-3-8-23-19)24-11-16-4-1-5-17(10-16)12-28-15-21-14-25-28/h1,3-5,7-8,10,14-15,18H,2,6,9,11-13H2,(H2,24,26,29). The largest absolute Gasteiger partial charge is 0.339 e. The predicted octanol–water partition coefficient (Wildman–Crippen LogP) is 1.58. The maximum atomic E-state index is 12.4. The van der Waals surface area contributed by atoms with Crippen molar-refractivity contribution in [3.8, 4) is 0 Å². The number of aromatic nitrogens is 5. The lowest BCUT2D eigenvalue weighted by atomic mass is 10.1. The zero-order chi connectivity index (χ0) is 19.9. The summed E-state index contributed by atoms with van der Waals surface area (Å²) >= 11 is 0. The zero-order valence-electron chi connectivity index (χ0n) is 16.1. The Balaban J connectivity index is 1.27. The number of anilines is 1. The number of rotatable bonds is 6. The number of carbonyl (C=O) groups excluding carboxylic acids is 1. The van der Waals surface area contributed by atoms with Gasteiger partial charge in [-0.25, -0.2) is 24.4 Å². The third kappa shape index (κ3) is 5.28. The highest BCUT2D eigenvalue weighted by Gasteiger charge is 2.22. The Bertz CT molecular complexity index is 915. The summed E-state index contributed by atoms with van der Waals surface area (Å²) < 4.78 is 1.77. The molecule has 9 nitrogen and oxygen atoms in total. The van der Waals surface area contributed by atoms with Crippen LogP contribution in [0, 0.1) is 0 Å². The molecule has 2 aromatic heterocycles. The van der Waals surface area contributed by atoms with Gasteiger partial charge in [0.05, 0.1) is 6.54 Å². The number of nitrogens with zero attached hydrogens (tertiary/aromatic N) is 6. The van der Waals surface area contributed by atoms with Gasteiger partial charge in [-0.2, -0.15) is 5.10 Å². The van der Waals surface area contributed by atoms with E-state index in [9.17, 15) is 4.79 Å². The molecule has 2 N–H and O–H groups in total. The van der Waals surface area contributed by atoms with Crippen LogP contribution in [0.2, 0.25) is 0 Å². The molecule has 1 unspecified atom stereocenters. The lowest BCUT2D eigenvalue weighted by molar-refractivity contribution is 0.234. The first-order chi connectivity index (χ1) is 14.3. The molecule has 0 saturated carbocycles. The van der Waals surface area contributed by atoms with E-state index in [0.717, 1.165) is 30.5 Å². The normalized spacial score (nSPS) is 16.4. The molecule has 1 saturated heterocycles. The van der Waals surface area contributed by atoms with Gasteiger partial charge in [0.1, 0.15) is 12.7 Å². The first-order valence-corrected chi connectivity index (χ1v) is 9.73. The Labute approximate surface area is 169 Å². The molecule has 1 fully saturated rings. The highest BCUT2D eigenvalue weighted by atomic mass is 16.2. The van der Waals surface area contributed by atoms with E-state index in [1.54, 1.807) is 29.5 Å². The molecule has 0 spiro atoms. The van der Waals surface area contributed by atoms with Crippen LogP contribution in [-0.4, -0.2) is 49.9 Å². The second-order valence-electron chi connectivity index (χ2n) is 7.07. The number of hydrogen-bond donors (Lipinski definition) is 2. The van der Waals surface area contributed by atoms with Gasteiger partial charge in [0.2, 0.25) is 5.95 Å². The van der Waals surface area contributed by atoms with Gasteiger partial charge in [-0.15, -0.1) is 0 Å². The molecular weight excluding hydrogens is 368 g/mol. The lowest BCUT2D eigenvalue weighted by Crippen LogP contribution is -2.50. The molecule has 0 radical (unpaired) electrons. The number of urea groups is 1. The van der Waals surface area contributed by atoms with Gasteiger partial charge in [0, 0.05) is 38.1 Å². The van der Waals surface area contributed by atoms with Crippen LogP contribution in [0.5, 0.6) is 0 Å². The van der Waals surface area contributed by atoms with Crippen LogP contribution in [0.25, 0.3) is 0 Å². The van der Waals surface area contributed by atoms with Gasteiger partial charge in [-0.05, 0) is 30.0 Å². The van der Waals surface area contributed by atoms with Gasteiger partial charge in [-0.3, -0.25) is 0 Å². The van der Waals surface area contributed by atoms with Crippen molar-refractivity contribution in [3.05, 3.63) is 66.5 Å². The molecule has 1 atom stereocenters. The molecule has 9 heteroatoms. The SMILES string of the molecule is O=C(NCc1cccc(Cn2cncn2)c1)NC1CCCN(c2ncccn2)C1. The van der Waals surface area contributed by atoms with Crippen LogP contribution in [-0.2, 0) is 13.1 Å². The molecule has 1 aromatic carbocycles. The summed E-state index contributed by atoms with van der Waals surface area (Å²) in [6, 6.07) is 9.81. The van der Waals surface area contributed by atoms with Crippen LogP contribution >= 0.6 is 0 Å². The average Bonchev–Trinajstić information content (AvgIpc) is 3.26. The number of carbonyl (C=O) groups is 1. The first-order valence-electron chi connectivity index (χ1n) is 9.73. The molecule has 2 amide bonds. The fraction of sp³-hybridized carbons (Fsp3) is 0.350. The first kappa shape index (κ1) is 18.9. The number of amides is 2. The van der Waals surface area contributed by atoms with Crippen LogP contribution in [0.1, 0.15) is 24.0 Å². The van der Waals surface area contributed by atoms with Gasteiger partial charge < -0.3 is 15.5 Å². The molecular formula is C20H24N8O. The van der Waals surface area contributed by atoms with Crippen molar-refractivity contribution >= 4 is 12.0 Å². The van der Waals surface area contributed by atoms with Gasteiger partial charge >= 0.3 is 6.03 Å². The minimum Gasteiger partial charge on any atom is -0.339 e. The maximum Gasteiger partial charge on any atom is 0.315 e. The summed E-state index contributed by atoms with van der Waals surface area (Å²) in [4.78, 5) is 27.0. The van der Waals surface area contributed by atoms with E-state index in [2.05, 4.69) is 41.7 Å². The number of benzene rings is 1. The third-order valence-electron chi connectivity index (χ3n) is 4.85. The van der Waals surface area contributed by atoms with Crippen molar-refractivity contribution in [3.63, 3.8) is 0 Å². The average molecular weight is 392 g/mol. The Morgan fingerprint density at radius 3 is 2.86 bits per heavy atom. The van der Waals surface area contributed by atoms with Crippen LogP contribution < -0.4 is 15.5 Å². The van der Waals surface area contributed by atoms with E-state index >= 15 is 0 Å². The second-order valence-corrected chi connectivity index (χ2v) is 7.07. The summed E-state index contributed by atoms with van der Waals surface area (Å²) in [6.07, 6.45) is 8.63. The van der Waals surface area contributed by atoms with Crippen molar-refractivity contribution in [2.45, 2.75) is 32.0 Å². The molecule has 3 aromatic rings. The molecule has 1 aliphatic heterocycles. The van der Waals surface area contributed by atoms with E-state index < -0.39 is 0 Å². The molecule has 29 heavy (non-hydrogen) atoms. The summed E-state index contributed by atoms with van der Waals surface area (Å²) in [6.45, 7) is 2.74. The molecule has 150 valence electrons. The topological polar surface area (TPSA) is 101 Å². The fourth-order valence-corrected chi connectivity index (χ4v) is 3.49. The Kier molecular flexibility index (Phi) is 5.94. The Morgan fingerprint density at radius 2 is 2.03 bits per heavy atom. The summed E-state index contributed by atoms with van der Waals surface area (Å²) in [7, 11) is 0. The predicted molar refractivity (Wildman–Crippen MR) is 108 cm³/mol. The smallest absolute Gasteiger partial charge is 0.315 e. The Morgan fingerprint density at radius 1 is 1.17 bits per heavy atom. The number of hydrogen-bond acceptors (Lipinski definition) is 6. The van der Waals surface area contributed by atoms with Crippen LogP contribution in [0.3, 0.4) is 0 Å². The summed E-state index contributed by atoms with van der Waals surface area (Å²) in [5.74, 6) is 0.712. The molecule has 0 bridgehead atoms. The monoisotopic (exact) mass is 392 g/mol. The highest BCUT2D eigenvalue weighted by molar-refractivity contribution is 5.74. The summed E-state index contributed by atoms with van der Waals surface area (Å²) in [5, 5.41) is 10.1. The van der Waals surface area contributed by atoms with E-state index in [1.165, 1.54) is 6.33 Å². The van der Waals surface area contributed by atoms with E-state index in [0.29, 0.717) is 25.6 Å². The minimum absolute atomic E-state index is 0.0752. The van der Waals surface area contributed by atoms with Gasteiger partial charge in [0.15, 0.2) is 0 Å². The molecule has 4 rings (SSSR count). The van der Waals surface area contributed by atoms with Gasteiger partial charge in [0.25, 0.3) is 0 Å². The fourth-order valence-electron chi connectivity index (χ4n) is 3.49. The van der Waals surface area contributed by atoms with Crippen LogP contribution in [0.15, 0.2) is 55.4 Å². The van der Waals surface area contributed by atoms with E-state index in [-0.39, 0.29) is 12.1 Å². The zero-order valence-corrected chi connectivity index (χ0v) is 16.1. The molecule has 0 aliphatic carbocycles. The highest BCUT2D eigenvalue weighted by Crippen LogP contribution is 2.15. The van der Waals surface area contributed by atoms with Crippen molar-refractivity contribution in [1.29, 1.82) is 0 Å². The molecule has 1 aliphatic rings. The maximum absolute atomic E-state index is 12.4. The third-order valence-corrected chi connectivity index (χ3v) is 4.85.